The summed E-state index contributed by atoms with van der Waals surface area (Å²) < 4.78 is 7.54. The molecule has 33 heavy (non-hydrogen) atoms. The first-order valence-corrected chi connectivity index (χ1v) is 11.9. The first-order valence-electron chi connectivity index (χ1n) is 10.6. The van der Waals surface area contributed by atoms with Gasteiger partial charge in [-0.3, -0.25) is 14.5 Å². The summed E-state index contributed by atoms with van der Waals surface area (Å²) in [4.78, 5) is 16.9. The van der Waals surface area contributed by atoms with Crippen molar-refractivity contribution in [3.63, 3.8) is 0 Å². The van der Waals surface area contributed by atoms with E-state index in [-0.39, 0.29) is 5.91 Å². The number of ether oxygens (including phenoxy) is 1. The van der Waals surface area contributed by atoms with Gasteiger partial charge >= 0.3 is 0 Å². The van der Waals surface area contributed by atoms with Crippen LogP contribution in [0.3, 0.4) is 0 Å². The Morgan fingerprint density at radius 2 is 1.88 bits per heavy atom. The fourth-order valence-electron chi connectivity index (χ4n) is 3.47. The van der Waals surface area contributed by atoms with Crippen LogP contribution in [0.4, 0.5) is 0 Å². The molecule has 2 aromatic carbocycles. The van der Waals surface area contributed by atoms with Crippen molar-refractivity contribution in [2.45, 2.75) is 26.3 Å². The minimum absolute atomic E-state index is 0.0200. The zero-order valence-corrected chi connectivity index (χ0v) is 20.1. The van der Waals surface area contributed by atoms with Gasteiger partial charge in [0.25, 0.3) is 0 Å². The summed E-state index contributed by atoms with van der Waals surface area (Å²) in [6.45, 7) is 3.03. The molecule has 0 atom stereocenters. The highest BCUT2D eigenvalue weighted by Crippen LogP contribution is 2.22. The molecule has 2 heterocycles. The quantitative estimate of drug-likeness (QED) is 0.337. The average Bonchev–Trinajstić information content (AvgIpc) is 3.43. The van der Waals surface area contributed by atoms with Crippen molar-refractivity contribution in [1.29, 1.82) is 0 Å². The van der Waals surface area contributed by atoms with E-state index in [9.17, 15) is 4.79 Å². The van der Waals surface area contributed by atoms with Crippen LogP contribution in [0.1, 0.15) is 17.0 Å². The van der Waals surface area contributed by atoms with Gasteiger partial charge < -0.3 is 10.1 Å². The smallest absolute Gasteiger partial charge is 0.221 e. The van der Waals surface area contributed by atoms with Crippen LogP contribution in [0.5, 0.6) is 5.75 Å². The molecule has 0 fully saturated rings. The lowest BCUT2D eigenvalue weighted by Gasteiger charge is -2.09. The molecule has 4 rings (SSSR count). The Morgan fingerprint density at radius 3 is 2.55 bits per heavy atom. The summed E-state index contributed by atoms with van der Waals surface area (Å²) in [5.41, 5.74) is 4.19. The van der Waals surface area contributed by atoms with E-state index in [1.807, 2.05) is 35.8 Å². The van der Waals surface area contributed by atoms with Gasteiger partial charge in [0.2, 0.25) is 5.91 Å². The largest absolute Gasteiger partial charge is 0.497 e. The molecule has 0 saturated heterocycles. The van der Waals surface area contributed by atoms with Gasteiger partial charge in [-0.25, -0.2) is 4.98 Å². The third-order valence-electron chi connectivity index (χ3n) is 5.27. The number of aromatic nitrogens is 4. The van der Waals surface area contributed by atoms with Crippen molar-refractivity contribution >= 4 is 29.5 Å². The maximum absolute atomic E-state index is 12.4. The van der Waals surface area contributed by atoms with Gasteiger partial charge in [-0.15, -0.1) is 11.3 Å². The fourth-order valence-corrected chi connectivity index (χ4v) is 4.32. The molecule has 4 aromatic rings. The highest BCUT2D eigenvalue weighted by molar-refractivity contribution is 7.71. The van der Waals surface area contributed by atoms with E-state index in [0.29, 0.717) is 30.1 Å². The summed E-state index contributed by atoms with van der Waals surface area (Å²) in [5, 5.41) is 13.3. The summed E-state index contributed by atoms with van der Waals surface area (Å²) in [6, 6.07) is 15.9. The third kappa shape index (κ3) is 5.74. The van der Waals surface area contributed by atoms with Crippen molar-refractivity contribution in [2.24, 2.45) is 0 Å². The molecule has 0 aliphatic rings. The number of methoxy groups -OCH3 is 1. The number of aromatic amines is 1. The molecule has 0 unspecified atom stereocenters. The topological polar surface area (TPSA) is 84.8 Å². The van der Waals surface area contributed by atoms with E-state index >= 15 is 0 Å². The Kier molecular flexibility index (Phi) is 7.31. The van der Waals surface area contributed by atoms with E-state index in [0.717, 1.165) is 34.0 Å². The Bertz CT molecular complexity index is 1270. The van der Waals surface area contributed by atoms with Gasteiger partial charge in [0.15, 0.2) is 10.6 Å². The molecule has 0 aliphatic carbocycles. The number of nitrogens with zero attached hydrogens (tertiary/aromatic N) is 3. The van der Waals surface area contributed by atoms with Gasteiger partial charge in [-0.1, -0.05) is 24.3 Å². The molecule has 7 nitrogen and oxygen atoms in total. The number of hydrogen-bond donors (Lipinski definition) is 2. The van der Waals surface area contributed by atoms with Crippen molar-refractivity contribution in [3.05, 3.63) is 69.3 Å². The van der Waals surface area contributed by atoms with Gasteiger partial charge in [-0.2, -0.15) is 5.10 Å². The number of carbonyl (C=O) groups excluding carboxylic acids is 1. The van der Waals surface area contributed by atoms with Crippen molar-refractivity contribution in [2.75, 3.05) is 13.7 Å². The summed E-state index contributed by atoms with van der Waals surface area (Å²) in [6.07, 6.45) is 1.09. The molecule has 0 saturated carbocycles. The highest BCUT2D eigenvalue weighted by atomic mass is 32.1. The monoisotopic (exact) mass is 479 g/mol. The van der Waals surface area contributed by atoms with E-state index in [4.69, 9.17) is 17.0 Å². The van der Waals surface area contributed by atoms with Gasteiger partial charge in [0.05, 0.1) is 17.8 Å². The zero-order chi connectivity index (χ0) is 23.2. The Morgan fingerprint density at radius 1 is 1.15 bits per heavy atom. The minimum Gasteiger partial charge on any atom is -0.497 e. The van der Waals surface area contributed by atoms with Gasteiger partial charge in [0.1, 0.15) is 5.75 Å². The standard InChI is InChI=1S/C24H25N5O2S2/c1-16-26-21(15-33-16)18-5-3-17(4-6-18)11-13-25-22(30)12-14-29-23(27-28-24(29)32)19-7-9-20(31-2)10-8-19/h3-10,15H,11-14H2,1-2H3,(H,25,30)(H,28,32). The fraction of sp³-hybridized carbons (Fsp3) is 0.250. The molecule has 2 N–H and O–H groups in total. The highest BCUT2D eigenvalue weighted by Gasteiger charge is 2.11. The predicted octanol–water partition coefficient (Wildman–Crippen LogP) is 4.80. The molecule has 1 amide bonds. The number of aryl methyl sites for hydroxylation is 1. The lowest BCUT2D eigenvalue weighted by molar-refractivity contribution is -0.121. The first kappa shape index (κ1) is 22.9. The van der Waals surface area contributed by atoms with Crippen LogP contribution in [-0.2, 0) is 17.8 Å². The molecule has 0 spiro atoms. The number of thiazole rings is 1. The molecule has 2 aromatic heterocycles. The van der Waals surface area contributed by atoms with Gasteiger partial charge in [0, 0.05) is 36.0 Å². The van der Waals surface area contributed by atoms with Crippen LogP contribution in [0, 0.1) is 11.7 Å². The molecule has 0 aliphatic heterocycles. The number of H-pyrrole nitrogens is 1. The predicted molar refractivity (Wildman–Crippen MR) is 133 cm³/mol. The number of amides is 1. The molecule has 0 radical (unpaired) electrons. The van der Waals surface area contributed by atoms with Crippen LogP contribution < -0.4 is 10.1 Å². The molecular weight excluding hydrogens is 454 g/mol. The number of rotatable bonds is 9. The number of benzene rings is 2. The summed E-state index contributed by atoms with van der Waals surface area (Å²) in [7, 11) is 1.63. The average molecular weight is 480 g/mol. The molecule has 0 bridgehead atoms. The third-order valence-corrected chi connectivity index (χ3v) is 6.36. The van der Waals surface area contributed by atoms with E-state index in [1.54, 1.807) is 18.4 Å². The van der Waals surface area contributed by atoms with Crippen LogP contribution in [0.2, 0.25) is 0 Å². The van der Waals surface area contributed by atoms with Crippen molar-refractivity contribution in [1.82, 2.24) is 25.1 Å². The lowest BCUT2D eigenvalue weighted by Crippen LogP contribution is -2.26. The number of carbonyl (C=O) groups is 1. The molecule has 9 heteroatoms. The van der Waals surface area contributed by atoms with Crippen LogP contribution >= 0.6 is 23.6 Å². The van der Waals surface area contributed by atoms with E-state index < -0.39 is 0 Å². The Labute approximate surface area is 201 Å². The van der Waals surface area contributed by atoms with Gasteiger partial charge in [-0.05, 0) is 55.4 Å². The van der Waals surface area contributed by atoms with Crippen LogP contribution in [0.15, 0.2) is 53.9 Å². The second-order valence-corrected chi connectivity index (χ2v) is 8.98. The SMILES string of the molecule is COc1ccc(-c2n[nH]c(=S)n2CCC(=O)NCCc2ccc(-c3csc(C)n3)cc2)cc1. The molecular formula is C24H25N5O2S2. The maximum atomic E-state index is 12.4. The zero-order valence-electron chi connectivity index (χ0n) is 18.5. The van der Waals surface area contributed by atoms with Crippen molar-refractivity contribution in [3.8, 4) is 28.4 Å². The first-order chi connectivity index (χ1) is 16.0. The lowest BCUT2D eigenvalue weighted by atomic mass is 10.1. The second-order valence-electron chi connectivity index (χ2n) is 7.53. The normalized spacial score (nSPS) is 10.8. The number of hydrogen-bond acceptors (Lipinski definition) is 6. The van der Waals surface area contributed by atoms with Crippen LogP contribution in [0.25, 0.3) is 22.6 Å². The molecule has 170 valence electrons. The summed E-state index contributed by atoms with van der Waals surface area (Å²) >= 11 is 7.00. The number of nitrogens with one attached hydrogen (secondary N) is 2. The maximum Gasteiger partial charge on any atom is 0.221 e. The van der Waals surface area contributed by atoms with Crippen LogP contribution in [-0.4, -0.2) is 39.3 Å². The Hall–Kier alpha value is -3.30. The Balaban J connectivity index is 1.28. The van der Waals surface area contributed by atoms with E-state index in [2.05, 4.69) is 50.1 Å². The van der Waals surface area contributed by atoms with E-state index in [1.165, 1.54) is 5.56 Å². The second kappa shape index (κ2) is 10.5. The summed E-state index contributed by atoms with van der Waals surface area (Å²) in [5.74, 6) is 1.45. The van der Waals surface area contributed by atoms with Crippen molar-refractivity contribution < 1.29 is 9.53 Å². The minimum atomic E-state index is -0.0200.